The molecule has 0 aliphatic heterocycles. The third kappa shape index (κ3) is 4.69. The molecule has 9 nitrogen and oxygen atoms in total. The van der Waals surface area contributed by atoms with Crippen LogP contribution in [0.5, 0.6) is 11.5 Å². The molecule has 0 unspecified atom stereocenters. The Balaban J connectivity index is 2.06. The minimum Gasteiger partial charge on any atom is -0.495 e. The zero-order chi connectivity index (χ0) is 21.9. The van der Waals surface area contributed by atoms with Gasteiger partial charge in [0.15, 0.2) is 5.13 Å². The predicted molar refractivity (Wildman–Crippen MR) is 116 cm³/mol. The molecule has 0 saturated carbocycles. The molecule has 3 aromatic rings. The molecule has 0 saturated heterocycles. The molecular formula is C19H22N4O5S2. The number of fused-ring (bicyclic) bond motifs is 1. The summed E-state index contributed by atoms with van der Waals surface area (Å²) in [4.78, 5) is 23.2. The Morgan fingerprint density at radius 3 is 2.47 bits per heavy atom. The number of anilines is 1. The summed E-state index contributed by atoms with van der Waals surface area (Å²) in [6.07, 6.45) is 4.34. The Morgan fingerprint density at radius 2 is 1.87 bits per heavy atom. The maximum absolute atomic E-state index is 13.1. The summed E-state index contributed by atoms with van der Waals surface area (Å²) in [5, 5.41) is 0.406. The third-order valence-corrected chi connectivity index (χ3v) is 6.77. The number of hydrogen-bond acceptors (Lipinski definition) is 8. The molecule has 0 aliphatic carbocycles. The summed E-state index contributed by atoms with van der Waals surface area (Å²) in [5.74, 6) is 0.746. The van der Waals surface area contributed by atoms with E-state index in [1.807, 2.05) is 6.07 Å². The van der Waals surface area contributed by atoms with E-state index in [1.165, 1.54) is 23.3 Å². The van der Waals surface area contributed by atoms with Gasteiger partial charge in [0.05, 0.1) is 33.6 Å². The summed E-state index contributed by atoms with van der Waals surface area (Å²) >= 11 is 1.27. The predicted octanol–water partition coefficient (Wildman–Crippen LogP) is 2.13. The molecule has 11 heteroatoms. The molecule has 0 fully saturated rings. The molecule has 0 bridgehead atoms. The molecule has 0 spiro atoms. The lowest BCUT2D eigenvalue weighted by atomic mass is 10.2. The van der Waals surface area contributed by atoms with E-state index in [9.17, 15) is 13.2 Å². The van der Waals surface area contributed by atoms with Gasteiger partial charge in [-0.25, -0.2) is 13.4 Å². The first-order valence-electron chi connectivity index (χ1n) is 8.86. The lowest BCUT2D eigenvalue weighted by Gasteiger charge is -2.22. The fourth-order valence-corrected chi connectivity index (χ4v) is 4.16. The van der Waals surface area contributed by atoms with E-state index >= 15 is 0 Å². The second-order valence-electron chi connectivity index (χ2n) is 6.50. The van der Waals surface area contributed by atoms with Crippen LogP contribution >= 0.6 is 11.3 Å². The monoisotopic (exact) mass is 450 g/mol. The van der Waals surface area contributed by atoms with Crippen LogP contribution in [-0.4, -0.2) is 62.7 Å². The van der Waals surface area contributed by atoms with Crippen LogP contribution in [0, 0.1) is 0 Å². The summed E-state index contributed by atoms with van der Waals surface area (Å²) in [5.41, 5.74) is 1.35. The Kier molecular flexibility index (Phi) is 6.54. The molecule has 1 amide bonds. The van der Waals surface area contributed by atoms with Crippen molar-refractivity contribution in [3.05, 3.63) is 42.2 Å². The van der Waals surface area contributed by atoms with Crippen LogP contribution in [0.15, 0.2) is 36.7 Å². The number of rotatable bonds is 8. The molecule has 0 aliphatic rings. The van der Waals surface area contributed by atoms with Crippen molar-refractivity contribution in [2.45, 2.75) is 6.54 Å². The standard InChI is InChI=1S/C19H22N4O5S2/c1-22(30(4,25)26)12-16(24)23(11-13-6-5-9-20-10-13)19-21-17-14(27-2)7-8-15(28-3)18(17)29-19/h5-10H,11-12H2,1-4H3. The Morgan fingerprint density at radius 1 is 1.17 bits per heavy atom. The van der Waals surface area contributed by atoms with Crippen LogP contribution in [0.25, 0.3) is 10.2 Å². The van der Waals surface area contributed by atoms with Crippen molar-refractivity contribution >= 4 is 42.6 Å². The first-order chi connectivity index (χ1) is 14.2. The molecule has 0 atom stereocenters. The number of amides is 1. The van der Waals surface area contributed by atoms with Crippen molar-refractivity contribution in [1.82, 2.24) is 14.3 Å². The van der Waals surface area contributed by atoms with Gasteiger partial charge < -0.3 is 9.47 Å². The fourth-order valence-electron chi connectivity index (χ4n) is 2.72. The van der Waals surface area contributed by atoms with E-state index in [0.29, 0.717) is 22.1 Å². The van der Waals surface area contributed by atoms with Crippen molar-refractivity contribution in [2.75, 3.05) is 39.0 Å². The number of thiazole rings is 1. The Bertz CT molecular complexity index is 1110. The number of carbonyl (C=O) groups is 1. The second kappa shape index (κ2) is 8.94. The number of carbonyl (C=O) groups excluding carboxylic acids is 1. The number of benzene rings is 1. The van der Waals surface area contributed by atoms with Crippen LogP contribution in [-0.2, 0) is 21.4 Å². The van der Waals surface area contributed by atoms with E-state index < -0.39 is 15.9 Å². The highest BCUT2D eigenvalue weighted by molar-refractivity contribution is 7.88. The minimum atomic E-state index is -3.52. The quantitative estimate of drug-likeness (QED) is 0.518. The smallest absolute Gasteiger partial charge is 0.244 e. The molecule has 30 heavy (non-hydrogen) atoms. The molecule has 160 valence electrons. The number of sulfonamides is 1. The Labute approximate surface area is 178 Å². The molecule has 3 rings (SSSR count). The number of nitrogens with zero attached hydrogens (tertiary/aromatic N) is 4. The molecule has 0 radical (unpaired) electrons. The fraction of sp³-hybridized carbons (Fsp3) is 0.316. The first-order valence-corrected chi connectivity index (χ1v) is 11.5. The van der Waals surface area contributed by atoms with E-state index in [0.717, 1.165) is 20.8 Å². The van der Waals surface area contributed by atoms with E-state index in [-0.39, 0.29) is 13.1 Å². The van der Waals surface area contributed by atoms with Gasteiger partial charge in [-0.2, -0.15) is 4.31 Å². The van der Waals surface area contributed by atoms with E-state index in [4.69, 9.17) is 9.47 Å². The SMILES string of the molecule is COc1ccc(OC)c2sc(N(Cc3cccnc3)C(=O)CN(C)S(C)(=O)=O)nc12. The van der Waals surface area contributed by atoms with Gasteiger partial charge in [0.2, 0.25) is 15.9 Å². The molecule has 0 N–H and O–H groups in total. The molecular weight excluding hydrogens is 428 g/mol. The third-order valence-electron chi connectivity index (χ3n) is 4.42. The number of methoxy groups -OCH3 is 2. The zero-order valence-corrected chi connectivity index (χ0v) is 18.7. The molecule has 1 aromatic carbocycles. The van der Waals surface area contributed by atoms with Gasteiger partial charge in [-0.15, -0.1) is 0 Å². The van der Waals surface area contributed by atoms with Crippen LogP contribution in [0.3, 0.4) is 0 Å². The summed E-state index contributed by atoms with van der Waals surface area (Å²) in [7, 11) is 0.942. The van der Waals surface area contributed by atoms with Crippen LogP contribution in [0.4, 0.5) is 5.13 Å². The number of pyridine rings is 1. The summed E-state index contributed by atoms with van der Waals surface area (Å²) in [6.45, 7) is -0.127. The van der Waals surface area contributed by atoms with Crippen molar-refractivity contribution in [1.29, 1.82) is 0 Å². The highest BCUT2D eigenvalue weighted by Crippen LogP contribution is 2.40. The highest BCUT2D eigenvalue weighted by Gasteiger charge is 2.25. The Hall–Kier alpha value is -2.76. The van der Waals surface area contributed by atoms with E-state index in [2.05, 4.69) is 9.97 Å². The van der Waals surface area contributed by atoms with Crippen molar-refractivity contribution in [3.63, 3.8) is 0 Å². The van der Waals surface area contributed by atoms with Gasteiger partial charge in [0, 0.05) is 19.4 Å². The van der Waals surface area contributed by atoms with Gasteiger partial charge in [-0.1, -0.05) is 17.4 Å². The second-order valence-corrected chi connectivity index (χ2v) is 9.57. The zero-order valence-electron chi connectivity index (χ0n) is 17.0. The van der Waals surface area contributed by atoms with E-state index in [1.54, 1.807) is 44.8 Å². The van der Waals surface area contributed by atoms with Gasteiger partial charge in [-0.3, -0.25) is 14.7 Å². The summed E-state index contributed by atoms with van der Waals surface area (Å²) in [6, 6.07) is 7.12. The van der Waals surface area contributed by atoms with Crippen molar-refractivity contribution in [2.24, 2.45) is 0 Å². The van der Waals surface area contributed by atoms with Gasteiger partial charge >= 0.3 is 0 Å². The maximum atomic E-state index is 13.1. The van der Waals surface area contributed by atoms with Crippen molar-refractivity contribution < 1.29 is 22.7 Å². The average Bonchev–Trinajstić information content (AvgIpc) is 3.16. The average molecular weight is 451 g/mol. The maximum Gasteiger partial charge on any atom is 0.244 e. The largest absolute Gasteiger partial charge is 0.495 e. The lowest BCUT2D eigenvalue weighted by Crippen LogP contribution is -2.40. The first kappa shape index (κ1) is 21.9. The normalized spacial score (nSPS) is 11.6. The van der Waals surface area contributed by atoms with Gasteiger partial charge in [0.25, 0.3) is 0 Å². The van der Waals surface area contributed by atoms with Crippen LogP contribution in [0.2, 0.25) is 0 Å². The number of aromatic nitrogens is 2. The highest BCUT2D eigenvalue weighted by atomic mass is 32.2. The number of likely N-dealkylation sites (N-methyl/N-ethyl adjacent to an activating group) is 1. The number of ether oxygens (including phenoxy) is 2. The van der Waals surface area contributed by atoms with Gasteiger partial charge in [-0.05, 0) is 23.8 Å². The molecule has 2 heterocycles. The van der Waals surface area contributed by atoms with Gasteiger partial charge in [0.1, 0.15) is 21.7 Å². The lowest BCUT2D eigenvalue weighted by molar-refractivity contribution is -0.118. The summed E-state index contributed by atoms with van der Waals surface area (Å²) < 4.78 is 36.1. The minimum absolute atomic E-state index is 0.189. The topological polar surface area (TPSA) is 102 Å². The van der Waals surface area contributed by atoms with Crippen molar-refractivity contribution in [3.8, 4) is 11.5 Å². The van der Waals surface area contributed by atoms with Crippen LogP contribution in [0.1, 0.15) is 5.56 Å². The number of hydrogen-bond donors (Lipinski definition) is 0. The molecule has 2 aromatic heterocycles. The van der Waals surface area contributed by atoms with Crippen LogP contribution < -0.4 is 14.4 Å².